The minimum absolute atomic E-state index is 0.0270. The van der Waals surface area contributed by atoms with Crippen molar-refractivity contribution in [3.05, 3.63) is 69.9 Å². The maximum absolute atomic E-state index is 13.6. The molecule has 0 saturated heterocycles. The number of amides is 1. The highest BCUT2D eigenvalue weighted by Gasteiger charge is 2.19. The first-order chi connectivity index (χ1) is 14.9. The molecular weight excluding hydrogens is 401 g/mol. The number of hydrogen-bond donors (Lipinski definition) is 1. The van der Waals surface area contributed by atoms with Crippen molar-refractivity contribution in [2.75, 3.05) is 11.9 Å². The number of esters is 1. The predicted molar refractivity (Wildman–Crippen MR) is 116 cm³/mol. The van der Waals surface area contributed by atoms with Crippen LogP contribution in [0.1, 0.15) is 42.2 Å². The van der Waals surface area contributed by atoms with Crippen molar-refractivity contribution >= 4 is 28.3 Å². The number of hydrogen-bond acceptors (Lipinski definition) is 5. The topological polar surface area (TPSA) is 90.3 Å². The summed E-state index contributed by atoms with van der Waals surface area (Å²) < 4.78 is 20.0. The summed E-state index contributed by atoms with van der Waals surface area (Å²) in [5.74, 6) is -1.88. The Labute approximate surface area is 178 Å². The standard InChI is InChI=1S/C23H24FN3O4/c1-3-4-7-12-27-22(29)18-9-6-5-8-17(18)21(26-27)23(30)31-14-20(28)25-16-11-10-15(2)19(24)13-16/h5-6,8-11,13H,3-4,7,12,14H2,1-2H3,(H,25,28). The number of aryl methyl sites for hydroxylation is 2. The molecule has 0 atom stereocenters. The molecular formula is C23H24FN3O4. The van der Waals surface area contributed by atoms with Crippen LogP contribution >= 0.6 is 0 Å². The first-order valence-electron chi connectivity index (χ1n) is 10.1. The van der Waals surface area contributed by atoms with E-state index in [2.05, 4.69) is 17.3 Å². The van der Waals surface area contributed by atoms with Crippen LogP contribution in [-0.2, 0) is 16.1 Å². The fraction of sp³-hybridized carbons (Fsp3) is 0.304. The van der Waals surface area contributed by atoms with E-state index in [0.29, 0.717) is 22.9 Å². The summed E-state index contributed by atoms with van der Waals surface area (Å²) in [7, 11) is 0. The fourth-order valence-corrected chi connectivity index (χ4v) is 3.12. The molecule has 0 saturated carbocycles. The van der Waals surface area contributed by atoms with Crippen LogP contribution in [-0.4, -0.2) is 28.3 Å². The van der Waals surface area contributed by atoms with E-state index in [4.69, 9.17) is 4.74 Å². The minimum Gasteiger partial charge on any atom is -0.451 e. The summed E-state index contributed by atoms with van der Waals surface area (Å²) in [5.41, 5.74) is 0.414. The number of nitrogens with zero attached hydrogens (tertiary/aromatic N) is 2. The van der Waals surface area contributed by atoms with Gasteiger partial charge in [0.25, 0.3) is 11.5 Å². The second kappa shape index (κ2) is 9.97. The number of halogens is 1. The number of fused-ring (bicyclic) bond motifs is 1. The second-order valence-electron chi connectivity index (χ2n) is 7.22. The highest BCUT2D eigenvalue weighted by Crippen LogP contribution is 2.16. The Hall–Kier alpha value is -3.55. The van der Waals surface area contributed by atoms with E-state index in [1.54, 1.807) is 37.3 Å². The zero-order valence-electron chi connectivity index (χ0n) is 17.5. The fourth-order valence-electron chi connectivity index (χ4n) is 3.12. The Morgan fingerprint density at radius 1 is 1.13 bits per heavy atom. The summed E-state index contributed by atoms with van der Waals surface area (Å²) in [4.78, 5) is 37.5. The lowest BCUT2D eigenvalue weighted by atomic mass is 10.1. The van der Waals surface area contributed by atoms with Gasteiger partial charge in [0.1, 0.15) is 5.82 Å². The van der Waals surface area contributed by atoms with Gasteiger partial charge in [-0.25, -0.2) is 13.9 Å². The number of ether oxygens (including phenoxy) is 1. The molecule has 31 heavy (non-hydrogen) atoms. The molecule has 0 aliphatic carbocycles. The number of anilines is 1. The normalized spacial score (nSPS) is 10.8. The summed E-state index contributed by atoms with van der Waals surface area (Å²) >= 11 is 0. The third-order valence-corrected chi connectivity index (χ3v) is 4.82. The van der Waals surface area contributed by atoms with Gasteiger partial charge in [0.05, 0.1) is 5.39 Å². The lowest BCUT2D eigenvalue weighted by Crippen LogP contribution is -2.28. The van der Waals surface area contributed by atoms with Crippen LogP contribution in [0, 0.1) is 12.7 Å². The van der Waals surface area contributed by atoms with Crippen molar-refractivity contribution in [1.82, 2.24) is 9.78 Å². The molecule has 3 rings (SSSR count). The molecule has 0 aliphatic heterocycles. The highest BCUT2D eigenvalue weighted by molar-refractivity contribution is 6.03. The molecule has 1 aromatic heterocycles. The van der Waals surface area contributed by atoms with Crippen molar-refractivity contribution in [3.63, 3.8) is 0 Å². The van der Waals surface area contributed by atoms with Crippen molar-refractivity contribution in [2.24, 2.45) is 0 Å². The van der Waals surface area contributed by atoms with Crippen LogP contribution in [0.4, 0.5) is 10.1 Å². The number of benzene rings is 2. The Morgan fingerprint density at radius 3 is 2.58 bits per heavy atom. The molecule has 8 heteroatoms. The number of carbonyl (C=O) groups is 2. The van der Waals surface area contributed by atoms with Crippen LogP contribution < -0.4 is 10.9 Å². The minimum atomic E-state index is -0.814. The molecule has 0 spiro atoms. The molecule has 0 bridgehead atoms. The van der Waals surface area contributed by atoms with Crippen LogP contribution in [0.15, 0.2) is 47.3 Å². The lowest BCUT2D eigenvalue weighted by molar-refractivity contribution is -0.119. The van der Waals surface area contributed by atoms with Crippen LogP contribution in [0.25, 0.3) is 10.8 Å². The van der Waals surface area contributed by atoms with E-state index in [9.17, 15) is 18.8 Å². The Bertz CT molecular complexity index is 1170. The monoisotopic (exact) mass is 425 g/mol. The molecule has 162 valence electrons. The number of carbonyl (C=O) groups excluding carboxylic acids is 2. The lowest BCUT2D eigenvalue weighted by Gasteiger charge is -2.11. The SMILES string of the molecule is CCCCCn1nc(C(=O)OCC(=O)Nc2ccc(C)c(F)c2)c2ccccc2c1=O. The average molecular weight is 425 g/mol. The van der Waals surface area contributed by atoms with Gasteiger partial charge in [-0.2, -0.15) is 5.10 Å². The Balaban J connectivity index is 1.76. The van der Waals surface area contributed by atoms with Gasteiger partial charge in [-0.15, -0.1) is 0 Å². The van der Waals surface area contributed by atoms with Gasteiger partial charge >= 0.3 is 5.97 Å². The Kier molecular flexibility index (Phi) is 7.12. The Morgan fingerprint density at radius 2 is 1.87 bits per heavy atom. The molecule has 1 N–H and O–H groups in total. The molecule has 0 radical (unpaired) electrons. The van der Waals surface area contributed by atoms with Crippen molar-refractivity contribution in [3.8, 4) is 0 Å². The second-order valence-corrected chi connectivity index (χ2v) is 7.22. The summed E-state index contributed by atoms with van der Waals surface area (Å²) in [5, 5.41) is 7.41. The van der Waals surface area contributed by atoms with E-state index in [-0.39, 0.29) is 16.9 Å². The first-order valence-corrected chi connectivity index (χ1v) is 10.1. The van der Waals surface area contributed by atoms with Gasteiger partial charge < -0.3 is 10.1 Å². The van der Waals surface area contributed by atoms with E-state index < -0.39 is 24.3 Å². The average Bonchev–Trinajstić information content (AvgIpc) is 2.76. The molecule has 7 nitrogen and oxygen atoms in total. The van der Waals surface area contributed by atoms with Gasteiger partial charge in [0, 0.05) is 17.6 Å². The van der Waals surface area contributed by atoms with Crippen LogP contribution in [0.5, 0.6) is 0 Å². The maximum Gasteiger partial charge on any atom is 0.359 e. The first kappa shape index (κ1) is 22.1. The number of unbranched alkanes of at least 4 members (excludes halogenated alkanes) is 2. The van der Waals surface area contributed by atoms with Gasteiger partial charge in [-0.1, -0.05) is 44.0 Å². The van der Waals surface area contributed by atoms with Crippen molar-refractivity contribution < 1.29 is 18.7 Å². The zero-order valence-corrected chi connectivity index (χ0v) is 17.5. The van der Waals surface area contributed by atoms with Crippen molar-refractivity contribution in [1.29, 1.82) is 0 Å². The van der Waals surface area contributed by atoms with E-state index in [1.165, 1.54) is 16.8 Å². The molecule has 0 fully saturated rings. The van der Waals surface area contributed by atoms with Crippen molar-refractivity contribution in [2.45, 2.75) is 39.7 Å². The molecule has 1 amide bonds. The maximum atomic E-state index is 13.6. The molecule has 2 aromatic carbocycles. The number of aromatic nitrogens is 2. The largest absolute Gasteiger partial charge is 0.451 e. The van der Waals surface area contributed by atoms with Gasteiger partial charge in [0.2, 0.25) is 0 Å². The van der Waals surface area contributed by atoms with Gasteiger partial charge in [-0.05, 0) is 37.1 Å². The third kappa shape index (κ3) is 5.33. The molecule has 0 aliphatic rings. The number of nitrogens with one attached hydrogen (secondary N) is 1. The van der Waals surface area contributed by atoms with Gasteiger partial charge in [-0.3, -0.25) is 9.59 Å². The van der Waals surface area contributed by atoms with Gasteiger partial charge in [0.15, 0.2) is 12.3 Å². The smallest absolute Gasteiger partial charge is 0.359 e. The third-order valence-electron chi connectivity index (χ3n) is 4.82. The van der Waals surface area contributed by atoms with E-state index in [1.807, 2.05) is 0 Å². The predicted octanol–water partition coefficient (Wildman–Crippen LogP) is 3.83. The van der Waals surface area contributed by atoms with E-state index >= 15 is 0 Å². The quantitative estimate of drug-likeness (QED) is 0.438. The summed E-state index contributed by atoms with van der Waals surface area (Å²) in [6.45, 7) is 3.48. The molecule has 0 unspecified atom stereocenters. The van der Waals surface area contributed by atoms with E-state index in [0.717, 1.165) is 19.3 Å². The summed E-state index contributed by atoms with van der Waals surface area (Å²) in [6, 6.07) is 10.9. The number of rotatable bonds is 8. The highest BCUT2D eigenvalue weighted by atomic mass is 19.1. The zero-order chi connectivity index (χ0) is 22.4. The summed E-state index contributed by atoms with van der Waals surface area (Å²) in [6.07, 6.45) is 2.67. The van der Waals surface area contributed by atoms with Crippen LogP contribution in [0.2, 0.25) is 0 Å². The molecule has 1 heterocycles. The van der Waals surface area contributed by atoms with Crippen LogP contribution in [0.3, 0.4) is 0 Å². The molecule has 3 aromatic rings.